The smallest absolute Gasteiger partial charge is 0.330 e. The Bertz CT molecular complexity index is 1120. The molecule has 0 aliphatic carbocycles. The third kappa shape index (κ3) is 4.09. The first-order valence-corrected chi connectivity index (χ1v) is 11.0. The Labute approximate surface area is 178 Å². The minimum atomic E-state index is -0.335. The predicted molar refractivity (Wildman–Crippen MR) is 115 cm³/mol. The summed E-state index contributed by atoms with van der Waals surface area (Å²) >= 11 is 1.46. The van der Waals surface area contributed by atoms with Gasteiger partial charge in [0, 0.05) is 44.7 Å². The fourth-order valence-electron chi connectivity index (χ4n) is 3.58. The van der Waals surface area contributed by atoms with E-state index in [2.05, 4.69) is 26.6 Å². The van der Waals surface area contributed by atoms with E-state index in [4.69, 9.17) is 4.42 Å². The number of nitrogens with zero attached hydrogens (tertiary/aromatic N) is 6. The quantitative estimate of drug-likeness (QED) is 0.551. The van der Waals surface area contributed by atoms with Gasteiger partial charge in [-0.15, -0.1) is 10.2 Å². The predicted octanol–water partition coefficient (Wildman–Crippen LogP) is 1.85. The first kappa shape index (κ1) is 20.5. The molecule has 9 nitrogen and oxygen atoms in total. The van der Waals surface area contributed by atoms with E-state index in [1.807, 2.05) is 12.1 Å². The minimum Gasteiger partial charge on any atom is -0.467 e. The van der Waals surface area contributed by atoms with E-state index in [1.165, 1.54) is 29.4 Å². The number of hydrogen-bond donors (Lipinski definition) is 0. The van der Waals surface area contributed by atoms with Crippen LogP contribution in [0.25, 0.3) is 0 Å². The molecule has 0 saturated carbocycles. The lowest BCUT2D eigenvalue weighted by molar-refractivity contribution is 0.427. The molecule has 1 aliphatic rings. The van der Waals surface area contributed by atoms with Crippen LogP contribution in [0.3, 0.4) is 0 Å². The van der Waals surface area contributed by atoms with E-state index in [0.717, 1.165) is 53.3 Å². The van der Waals surface area contributed by atoms with Crippen molar-refractivity contribution in [2.24, 2.45) is 20.0 Å². The topological polar surface area (TPSA) is 91.1 Å². The summed E-state index contributed by atoms with van der Waals surface area (Å²) in [7, 11) is 3.15. The standard InChI is InChI=1S/C20H26N6O3S/c1-14-6-8-25(9-7-14)18-21-22-19(26(18)12-16-5-4-10-29-16)30-13-15-11-17(27)24(3)20(28)23(15)2/h4-5,10-11,14H,6-9,12-13H2,1-3H3. The highest BCUT2D eigenvalue weighted by Crippen LogP contribution is 2.28. The van der Waals surface area contributed by atoms with Crippen LogP contribution in [0.1, 0.15) is 31.2 Å². The van der Waals surface area contributed by atoms with Crippen LogP contribution in [0.5, 0.6) is 0 Å². The Morgan fingerprint density at radius 3 is 2.63 bits per heavy atom. The molecule has 0 bridgehead atoms. The minimum absolute atomic E-state index is 0.311. The fourth-order valence-corrected chi connectivity index (χ4v) is 4.54. The number of furan rings is 1. The average molecular weight is 431 g/mol. The van der Waals surface area contributed by atoms with Gasteiger partial charge in [-0.2, -0.15) is 0 Å². The normalized spacial score (nSPS) is 15.1. The second-order valence-corrected chi connectivity index (χ2v) is 8.72. The molecule has 0 amide bonds. The van der Waals surface area contributed by atoms with Crippen LogP contribution in [0.4, 0.5) is 5.95 Å². The molecule has 160 valence electrons. The second kappa shape index (κ2) is 8.55. The molecule has 1 aliphatic heterocycles. The second-order valence-electron chi connectivity index (χ2n) is 7.78. The van der Waals surface area contributed by atoms with Crippen molar-refractivity contribution in [2.45, 2.75) is 37.2 Å². The van der Waals surface area contributed by atoms with E-state index in [0.29, 0.717) is 18.0 Å². The third-order valence-electron chi connectivity index (χ3n) is 5.63. The summed E-state index contributed by atoms with van der Waals surface area (Å²) in [5.41, 5.74) is 0.00107. The molecule has 4 heterocycles. The van der Waals surface area contributed by atoms with Crippen LogP contribution < -0.4 is 16.1 Å². The van der Waals surface area contributed by atoms with Crippen molar-refractivity contribution in [3.05, 3.63) is 56.8 Å². The average Bonchev–Trinajstić information content (AvgIpc) is 3.39. The zero-order valence-corrected chi connectivity index (χ0v) is 18.3. The first-order valence-electron chi connectivity index (χ1n) is 10.0. The highest BCUT2D eigenvalue weighted by Gasteiger charge is 2.23. The van der Waals surface area contributed by atoms with Gasteiger partial charge in [0.1, 0.15) is 5.76 Å². The number of hydrogen-bond acceptors (Lipinski definition) is 7. The SMILES string of the molecule is CC1CCN(c2nnc(SCc3cc(=O)n(C)c(=O)n3C)n2Cc2ccco2)CC1. The molecule has 4 rings (SSSR count). The fraction of sp³-hybridized carbons (Fsp3) is 0.500. The van der Waals surface area contributed by atoms with Crippen LogP contribution in [0, 0.1) is 5.92 Å². The van der Waals surface area contributed by atoms with Gasteiger partial charge in [-0.05, 0) is 30.9 Å². The summed E-state index contributed by atoms with van der Waals surface area (Å²) in [6, 6.07) is 5.29. The van der Waals surface area contributed by atoms with E-state index in [1.54, 1.807) is 13.3 Å². The Balaban J connectivity index is 1.61. The molecule has 0 aromatic carbocycles. The maximum atomic E-state index is 12.2. The van der Waals surface area contributed by atoms with Crippen LogP contribution >= 0.6 is 11.8 Å². The van der Waals surface area contributed by atoms with Gasteiger partial charge in [0.25, 0.3) is 5.56 Å². The Hall–Kier alpha value is -2.75. The molecular weight excluding hydrogens is 404 g/mol. The monoisotopic (exact) mass is 430 g/mol. The number of rotatable bonds is 6. The molecule has 30 heavy (non-hydrogen) atoms. The van der Waals surface area contributed by atoms with Crippen molar-refractivity contribution in [3.8, 4) is 0 Å². The summed E-state index contributed by atoms with van der Waals surface area (Å²) in [4.78, 5) is 26.5. The van der Waals surface area contributed by atoms with E-state index >= 15 is 0 Å². The van der Waals surface area contributed by atoms with Crippen molar-refractivity contribution in [3.63, 3.8) is 0 Å². The van der Waals surface area contributed by atoms with Crippen molar-refractivity contribution in [1.29, 1.82) is 0 Å². The maximum Gasteiger partial charge on any atom is 0.330 e. The molecule has 0 unspecified atom stereocenters. The first-order chi connectivity index (χ1) is 14.4. The van der Waals surface area contributed by atoms with Gasteiger partial charge in [0.05, 0.1) is 12.8 Å². The van der Waals surface area contributed by atoms with E-state index < -0.39 is 0 Å². The molecule has 3 aromatic heterocycles. The number of piperidine rings is 1. The number of anilines is 1. The van der Waals surface area contributed by atoms with Gasteiger partial charge in [0.2, 0.25) is 5.95 Å². The molecule has 0 atom stereocenters. The van der Waals surface area contributed by atoms with Crippen molar-refractivity contribution >= 4 is 17.7 Å². The van der Waals surface area contributed by atoms with Gasteiger partial charge >= 0.3 is 5.69 Å². The Kier molecular flexibility index (Phi) is 5.85. The molecule has 1 saturated heterocycles. The van der Waals surface area contributed by atoms with Crippen molar-refractivity contribution < 1.29 is 4.42 Å². The van der Waals surface area contributed by atoms with E-state index in [-0.39, 0.29) is 11.2 Å². The van der Waals surface area contributed by atoms with Gasteiger partial charge < -0.3 is 9.32 Å². The van der Waals surface area contributed by atoms with Crippen molar-refractivity contribution in [1.82, 2.24) is 23.9 Å². The summed E-state index contributed by atoms with van der Waals surface area (Å²) < 4.78 is 10.2. The zero-order valence-electron chi connectivity index (χ0n) is 17.4. The molecule has 0 N–H and O–H groups in total. The molecule has 0 radical (unpaired) electrons. The summed E-state index contributed by atoms with van der Waals surface area (Å²) in [5, 5.41) is 9.62. The molecule has 3 aromatic rings. The number of aromatic nitrogens is 5. The highest BCUT2D eigenvalue weighted by molar-refractivity contribution is 7.98. The Morgan fingerprint density at radius 2 is 1.93 bits per heavy atom. The lowest BCUT2D eigenvalue weighted by Gasteiger charge is -2.31. The lowest BCUT2D eigenvalue weighted by atomic mass is 10.00. The van der Waals surface area contributed by atoms with E-state index in [9.17, 15) is 9.59 Å². The van der Waals surface area contributed by atoms with Crippen LogP contribution in [-0.4, -0.2) is 37.0 Å². The molecule has 1 fully saturated rings. The van der Waals surface area contributed by atoms with Gasteiger partial charge in [-0.3, -0.25) is 18.5 Å². The highest BCUT2D eigenvalue weighted by atomic mass is 32.2. The largest absolute Gasteiger partial charge is 0.467 e. The molecule has 10 heteroatoms. The summed E-state index contributed by atoms with van der Waals surface area (Å²) in [6.45, 7) is 4.70. The van der Waals surface area contributed by atoms with Gasteiger partial charge in [-0.25, -0.2) is 4.79 Å². The van der Waals surface area contributed by atoms with Crippen LogP contribution in [-0.2, 0) is 26.4 Å². The summed E-state index contributed by atoms with van der Waals surface area (Å²) in [6.07, 6.45) is 3.92. The van der Waals surface area contributed by atoms with Gasteiger partial charge in [0.15, 0.2) is 5.16 Å². The van der Waals surface area contributed by atoms with Crippen molar-refractivity contribution in [2.75, 3.05) is 18.0 Å². The Morgan fingerprint density at radius 1 is 1.17 bits per heavy atom. The number of thioether (sulfide) groups is 1. The molecular formula is C20H26N6O3S. The molecule has 0 spiro atoms. The van der Waals surface area contributed by atoms with Crippen LogP contribution in [0.2, 0.25) is 0 Å². The van der Waals surface area contributed by atoms with Gasteiger partial charge in [-0.1, -0.05) is 18.7 Å². The van der Waals surface area contributed by atoms with Crippen LogP contribution in [0.15, 0.2) is 43.6 Å². The zero-order chi connectivity index (χ0) is 21.3. The lowest BCUT2D eigenvalue weighted by Crippen LogP contribution is -2.37. The summed E-state index contributed by atoms with van der Waals surface area (Å²) in [5.74, 6) is 2.82. The third-order valence-corrected chi connectivity index (χ3v) is 6.63. The maximum absolute atomic E-state index is 12.2.